The molecule has 0 spiro atoms. The number of carbonyl (C=O) groups excluding carboxylic acids is 1. The fourth-order valence-corrected chi connectivity index (χ4v) is 4.42. The number of sulfonamides is 1. The van der Waals surface area contributed by atoms with E-state index in [4.69, 9.17) is 4.74 Å². The van der Waals surface area contributed by atoms with Gasteiger partial charge in [0.25, 0.3) is 0 Å². The van der Waals surface area contributed by atoms with Crippen LogP contribution in [0.3, 0.4) is 0 Å². The first-order chi connectivity index (χ1) is 12.7. The molecule has 2 aromatic heterocycles. The molecule has 0 aliphatic heterocycles. The Morgan fingerprint density at radius 3 is 2.59 bits per heavy atom. The number of fused-ring (bicyclic) bond motifs is 1. The molecule has 7 nitrogen and oxygen atoms in total. The third kappa shape index (κ3) is 3.76. The van der Waals surface area contributed by atoms with E-state index in [1.807, 2.05) is 24.5 Å². The summed E-state index contributed by atoms with van der Waals surface area (Å²) in [7, 11) is -0.563. The van der Waals surface area contributed by atoms with E-state index in [-0.39, 0.29) is 11.5 Å². The van der Waals surface area contributed by atoms with Crippen LogP contribution in [0.1, 0.15) is 27.3 Å². The average molecular weight is 408 g/mol. The van der Waals surface area contributed by atoms with Crippen molar-refractivity contribution < 1.29 is 17.9 Å². The van der Waals surface area contributed by atoms with E-state index in [1.54, 1.807) is 24.3 Å². The molecule has 0 amide bonds. The van der Waals surface area contributed by atoms with Gasteiger partial charge in [-0.25, -0.2) is 22.5 Å². The Morgan fingerprint density at radius 2 is 2.00 bits per heavy atom. The molecule has 3 rings (SSSR count). The van der Waals surface area contributed by atoms with Gasteiger partial charge >= 0.3 is 5.97 Å². The summed E-state index contributed by atoms with van der Waals surface area (Å²) in [6.07, 6.45) is 0. The minimum atomic E-state index is -3.54. The molecule has 0 unspecified atom stereocenters. The Labute approximate surface area is 162 Å². The second kappa shape index (κ2) is 7.41. The van der Waals surface area contributed by atoms with Crippen molar-refractivity contribution in [1.82, 2.24) is 13.9 Å². The minimum absolute atomic E-state index is 0.0219. The monoisotopic (exact) mass is 407 g/mol. The van der Waals surface area contributed by atoms with Gasteiger partial charge in [0.05, 0.1) is 15.9 Å². The van der Waals surface area contributed by atoms with Gasteiger partial charge in [0.2, 0.25) is 10.0 Å². The smallest absolute Gasteiger partial charge is 0.348 e. The first-order valence-corrected chi connectivity index (χ1v) is 10.6. The van der Waals surface area contributed by atoms with Crippen molar-refractivity contribution in [1.29, 1.82) is 0 Å². The van der Waals surface area contributed by atoms with E-state index in [1.165, 1.54) is 25.4 Å². The zero-order valence-corrected chi connectivity index (χ0v) is 17.2. The first kappa shape index (κ1) is 19.5. The Kier molecular flexibility index (Phi) is 5.36. The van der Waals surface area contributed by atoms with Crippen LogP contribution < -0.4 is 0 Å². The maximum absolute atomic E-state index is 12.3. The molecular formula is C18H21N3O4S2. The number of ether oxygens (including phenoxy) is 1. The Bertz CT molecular complexity index is 1100. The molecule has 3 aromatic rings. The SMILES string of the molecule is CCn1c(COC(=O)c2ccc(C)s2)nc2cc(S(=O)(=O)N(C)C)ccc21. The predicted octanol–water partition coefficient (Wildman–Crippen LogP) is 3.03. The molecule has 0 aliphatic carbocycles. The van der Waals surface area contributed by atoms with Crippen LogP contribution in [0.15, 0.2) is 35.2 Å². The highest BCUT2D eigenvalue weighted by molar-refractivity contribution is 7.89. The number of esters is 1. The van der Waals surface area contributed by atoms with E-state index >= 15 is 0 Å². The van der Waals surface area contributed by atoms with Crippen LogP contribution in [0.4, 0.5) is 0 Å². The van der Waals surface area contributed by atoms with Crippen LogP contribution in [0, 0.1) is 6.92 Å². The van der Waals surface area contributed by atoms with Crippen LogP contribution in [0.5, 0.6) is 0 Å². The van der Waals surface area contributed by atoms with Gasteiger partial charge in [0.1, 0.15) is 17.3 Å². The molecule has 0 saturated heterocycles. The zero-order chi connectivity index (χ0) is 19.8. The predicted molar refractivity (Wildman–Crippen MR) is 104 cm³/mol. The van der Waals surface area contributed by atoms with Gasteiger partial charge in [-0.3, -0.25) is 0 Å². The van der Waals surface area contributed by atoms with E-state index in [0.29, 0.717) is 22.8 Å². The Morgan fingerprint density at radius 1 is 1.26 bits per heavy atom. The quantitative estimate of drug-likeness (QED) is 0.587. The summed E-state index contributed by atoms with van der Waals surface area (Å²) in [6, 6.07) is 8.45. The van der Waals surface area contributed by atoms with Gasteiger partial charge < -0.3 is 9.30 Å². The highest BCUT2D eigenvalue weighted by atomic mass is 32.2. The van der Waals surface area contributed by atoms with Gasteiger partial charge in [-0.15, -0.1) is 11.3 Å². The summed E-state index contributed by atoms with van der Waals surface area (Å²) < 4.78 is 33.1. The van der Waals surface area contributed by atoms with E-state index < -0.39 is 16.0 Å². The van der Waals surface area contributed by atoms with Gasteiger partial charge in [0.15, 0.2) is 0 Å². The lowest BCUT2D eigenvalue weighted by Gasteiger charge is -2.11. The molecule has 0 aliphatic rings. The van der Waals surface area contributed by atoms with Crippen LogP contribution >= 0.6 is 11.3 Å². The summed E-state index contributed by atoms with van der Waals surface area (Å²) in [5.41, 5.74) is 1.35. The second-order valence-electron chi connectivity index (χ2n) is 6.20. The molecule has 0 radical (unpaired) electrons. The number of imidazole rings is 1. The van der Waals surface area contributed by atoms with E-state index in [2.05, 4.69) is 4.98 Å². The fraction of sp³-hybridized carbons (Fsp3) is 0.333. The molecule has 1 aromatic carbocycles. The maximum atomic E-state index is 12.3. The van der Waals surface area contributed by atoms with Crippen LogP contribution in [-0.4, -0.2) is 42.3 Å². The molecule has 0 bridgehead atoms. The normalized spacial score (nSPS) is 12.0. The molecule has 27 heavy (non-hydrogen) atoms. The third-order valence-corrected chi connectivity index (χ3v) is 6.96. The summed E-state index contributed by atoms with van der Waals surface area (Å²) in [5, 5.41) is 0. The van der Waals surface area contributed by atoms with Crippen molar-refractivity contribution in [2.45, 2.75) is 31.9 Å². The van der Waals surface area contributed by atoms with Crippen molar-refractivity contribution in [3.8, 4) is 0 Å². The zero-order valence-electron chi connectivity index (χ0n) is 15.6. The summed E-state index contributed by atoms with van der Waals surface area (Å²) in [4.78, 5) is 18.4. The first-order valence-electron chi connectivity index (χ1n) is 8.39. The lowest BCUT2D eigenvalue weighted by molar-refractivity contribution is 0.0464. The van der Waals surface area contributed by atoms with E-state index in [9.17, 15) is 13.2 Å². The standard InChI is InChI=1S/C18H21N3O4S2/c1-5-21-15-8-7-13(27(23,24)20(3)4)10-14(15)19-17(21)11-25-18(22)16-9-6-12(2)26-16/h6-10H,5,11H2,1-4H3. The minimum Gasteiger partial charge on any atom is -0.453 e. The van der Waals surface area contributed by atoms with Gasteiger partial charge in [-0.05, 0) is 44.2 Å². The summed E-state index contributed by atoms with van der Waals surface area (Å²) in [5.74, 6) is 0.187. The summed E-state index contributed by atoms with van der Waals surface area (Å²) in [6.45, 7) is 4.53. The molecule has 0 fully saturated rings. The fourth-order valence-electron chi connectivity index (χ4n) is 2.74. The van der Waals surface area contributed by atoms with Gasteiger partial charge in [0, 0.05) is 25.5 Å². The number of hydrogen-bond acceptors (Lipinski definition) is 6. The molecule has 9 heteroatoms. The van der Waals surface area contributed by atoms with Crippen LogP contribution in [0.25, 0.3) is 11.0 Å². The highest BCUT2D eigenvalue weighted by Gasteiger charge is 2.20. The topological polar surface area (TPSA) is 81.5 Å². The molecule has 2 heterocycles. The number of rotatable bonds is 6. The summed E-state index contributed by atoms with van der Waals surface area (Å²) >= 11 is 1.38. The number of thiophene rings is 1. The number of benzene rings is 1. The third-order valence-electron chi connectivity index (χ3n) is 4.17. The number of carbonyl (C=O) groups is 1. The molecule has 0 saturated carbocycles. The number of nitrogens with zero attached hydrogens (tertiary/aromatic N) is 3. The van der Waals surface area contributed by atoms with Crippen LogP contribution in [0.2, 0.25) is 0 Å². The van der Waals surface area contributed by atoms with Crippen molar-refractivity contribution >= 4 is 38.4 Å². The molecule has 144 valence electrons. The Balaban J connectivity index is 1.90. The Hall–Kier alpha value is -2.23. The maximum Gasteiger partial charge on any atom is 0.348 e. The number of aryl methyl sites for hydroxylation is 2. The van der Waals surface area contributed by atoms with Gasteiger partial charge in [-0.2, -0.15) is 0 Å². The van der Waals surface area contributed by atoms with Crippen molar-refractivity contribution in [2.75, 3.05) is 14.1 Å². The molecule has 0 atom stereocenters. The second-order valence-corrected chi connectivity index (χ2v) is 9.64. The van der Waals surface area contributed by atoms with Crippen molar-refractivity contribution in [3.63, 3.8) is 0 Å². The lowest BCUT2D eigenvalue weighted by Crippen LogP contribution is -2.22. The highest BCUT2D eigenvalue weighted by Crippen LogP contribution is 2.23. The van der Waals surface area contributed by atoms with Gasteiger partial charge in [-0.1, -0.05) is 0 Å². The van der Waals surface area contributed by atoms with E-state index in [0.717, 1.165) is 14.7 Å². The lowest BCUT2D eigenvalue weighted by atomic mass is 10.3. The van der Waals surface area contributed by atoms with Crippen molar-refractivity contribution in [3.05, 3.63) is 45.9 Å². The molecular weight excluding hydrogens is 386 g/mol. The number of aromatic nitrogens is 2. The molecule has 0 N–H and O–H groups in total. The average Bonchev–Trinajstić information content (AvgIpc) is 3.21. The largest absolute Gasteiger partial charge is 0.453 e. The van der Waals surface area contributed by atoms with Crippen LogP contribution in [-0.2, 0) is 27.9 Å². The van der Waals surface area contributed by atoms with Crippen molar-refractivity contribution in [2.24, 2.45) is 0 Å². The number of hydrogen-bond donors (Lipinski definition) is 0.